The zero-order chi connectivity index (χ0) is 30.6. The normalized spacial score (nSPS) is 12.3. The smallest absolute Gasteiger partial charge is 0.135 e. The fraction of sp³-hybridized carbons (Fsp3) is 0.0233. The Morgan fingerprint density at radius 1 is 0.500 bits per heavy atom. The Labute approximate surface area is 266 Å². The summed E-state index contributed by atoms with van der Waals surface area (Å²) in [6.45, 7) is 2.03. The van der Waals surface area contributed by atoms with Crippen molar-refractivity contribution in [1.82, 2.24) is 9.13 Å². The fourth-order valence-electron chi connectivity index (χ4n) is 6.93. The van der Waals surface area contributed by atoms with Crippen molar-refractivity contribution in [2.45, 2.75) is 6.92 Å². The molecule has 0 fully saturated rings. The molecule has 0 aliphatic rings. The summed E-state index contributed by atoms with van der Waals surface area (Å²) in [5.41, 5.74) is 11.2. The van der Waals surface area contributed by atoms with Crippen LogP contribution in [0.15, 0.2) is 162 Å². The third-order valence-corrected chi connectivity index (χ3v) is 9.07. The molecule has 0 bridgehead atoms. The van der Waals surface area contributed by atoms with Crippen LogP contribution in [0.5, 0.6) is 0 Å². The number of nitrogens with zero attached hydrogens (tertiary/aromatic N) is 2. The predicted octanol–water partition coefficient (Wildman–Crippen LogP) is 11.9. The number of aromatic nitrogens is 2. The number of rotatable bonds is 5. The van der Waals surface area contributed by atoms with Crippen LogP contribution in [0.2, 0.25) is 0 Å². The zero-order valence-electron chi connectivity index (χ0n) is 25.4. The molecule has 3 heteroatoms. The standard InChI is InChI=1S/C43H30N2O/c1-2-3-5-12-31-28-44(39-17-10-8-15-34(31)39)33-21-24-43-38(27-33)37-26-30(20-23-42(37)46-43)29-19-22-41-36(25-29)35-16-9-11-18-40(35)45(41)32-13-6-4-7-14-32/h2-28H,1H3/b3-2-,12-5-. The number of hydrogen-bond donors (Lipinski definition) is 0. The summed E-state index contributed by atoms with van der Waals surface area (Å²) >= 11 is 0. The molecule has 218 valence electrons. The minimum absolute atomic E-state index is 0.891. The van der Waals surface area contributed by atoms with Crippen LogP contribution in [0.1, 0.15) is 12.5 Å². The van der Waals surface area contributed by atoms with Crippen LogP contribution < -0.4 is 0 Å². The van der Waals surface area contributed by atoms with Crippen molar-refractivity contribution in [3.63, 3.8) is 0 Å². The Kier molecular flexibility index (Phi) is 6.04. The number of fused-ring (bicyclic) bond motifs is 7. The number of furan rings is 1. The van der Waals surface area contributed by atoms with Gasteiger partial charge in [-0.15, -0.1) is 0 Å². The molecule has 46 heavy (non-hydrogen) atoms. The Morgan fingerprint density at radius 3 is 1.98 bits per heavy atom. The lowest BCUT2D eigenvalue weighted by molar-refractivity contribution is 0.669. The Bertz CT molecular complexity index is 2640. The van der Waals surface area contributed by atoms with Gasteiger partial charge in [0.1, 0.15) is 11.2 Å². The minimum Gasteiger partial charge on any atom is -0.456 e. The van der Waals surface area contributed by atoms with Crippen molar-refractivity contribution >= 4 is 60.7 Å². The van der Waals surface area contributed by atoms with E-state index < -0.39 is 0 Å². The van der Waals surface area contributed by atoms with E-state index in [1.54, 1.807) is 0 Å². The van der Waals surface area contributed by atoms with Crippen LogP contribution in [0.25, 0.3) is 83.2 Å². The molecule has 3 heterocycles. The molecule has 0 radical (unpaired) electrons. The van der Waals surface area contributed by atoms with E-state index in [0.29, 0.717) is 0 Å². The van der Waals surface area contributed by atoms with Crippen molar-refractivity contribution in [3.8, 4) is 22.5 Å². The monoisotopic (exact) mass is 590 g/mol. The minimum atomic E-state index is 0.891. The van der Waals surface area contributed by atoms with Crippen molar-refractivity contribution in [1.29, 1.82) is 0 Å². The summed E-state index contributed by atoms with van der Waals surface area (Å²) in [7, 11) is 0. The van der Waals surface area contributed by atoms with Gasteiger partial charge in [-0.25, -0.2) is 0 Å². The molecule has 9 rings (SSSR count). The molecule has 0 aliphatic heterocycles. The van der Waals surface area contributed by atoms with Gasteiger partial charge in [0.15, 0.2) is 0 Å². The highest BCUT2D eigenvalue weighted by Gasteiger charge is 2.15. The van der Waals surface area contributed by atoms with Gasteiger partial charge in [0.2, 0.25) is 0 Å². The average Bonchev–Trinajstić information content (AvgIpc) is 3.77. The number of allylic oxidation sites excluding steroid dienone is 3. The first kappa shape index (κ1) is 26.4. The van der Waals surface area contributed by atoms with Gasteiger partial charge in [0, 0.05) is 50.1 Å². The first-order chi connectivity index (χ1) is 22.8. The van der Waals surface area contributed by atoms with Crippen molar-refractivity contribution in [3.05, 3.63) is 163 Å². The Morgan fingerprint density at radius 2 is 1.15 bits per heavy atom. The molecule has 3 nitrogen and oxygen atoms in total. The van der Waals surface area contributed by atoms with Crippen molar-refractivity contribution in [2.75, 3.05) is 0 Å². The van der Waals surface area contributed by atoms with Crippen LogP contribution >= 0.6 is 0 Å². The van der Waals surface area contributed by atoms with Gasteiger partial charge in [-0.3, -0.25) is 0 Å². The maximum atomic E-state index is 6.34. The highest BCUT2D eigenvalue weighted by molar-refractivity contribution is 6.11. The molecule has 6 aromatic carbocycles. The lowest BCUT2D eigenvalue weighted by atomic mass is 10.0. The van der Waals surface area contributed by atoms with E-state index >= 15 is 0 Å². The summed E-state index contributed by atoms with van der Waals surface area (Å²) in [4.78, 5) is 0. The number of hydrogen-bond acceptors (Lipinski definition) is 1. The molecule has 0 saturated carbocycles. The molecule has 9 aromatic rings. The summed E-state index contributed by atoms with van der Waals surface area (Å²) in [6.07, 6.45) is 10.6. The highest BCUT2D eigenvalue weighted by Crippen LogP contribution is 2.38. The van der Waals surface area contributed by atoms with Crippen LogP contribution in [-0.2, 0) is 0 Å². The molecule has 0 atom stereocenters. The first-order valence-electron chi connectivity index (χ1n) is 15.7. The van der Waals surface area contributed by atoms with Gasteiger partial charge >= 0.3 is 0 Å². The third-order valence-electron chi connectivity index (χ3n) is 9.07. The average molecular weight is 591 g/mol. The lowest BCUT2D eigenvalue weighted by Gasteiger charge is -2.08. The van der Waals surface area contributed by atoms with Gasteiger partial charge in [-0.1, -0.05) is 91.0 Å². The summed E-state index contributed by atoms with van der Waals surface area (Å²) in [5.74, 6) is 0. The molecule has 0 spiro atoms. The van der Waals surface area contributed by atoms with E-state index in [4.69, 9.17) is 4.42 Å². The van der Waals surface area contributed by atoms with E-state index in [-0.39, 0.29) is 0 Å². The summed E-state index contributed by atoms with van der Waals surface area (Å²) in [5, 5.41) is 5.95. The largest absolute Gasteiger partial charge is 0.456 e. The Hall–Kier alpha value is -6.06. The van der Waals surface area contributed by atoms with E-state index in [1.165, 1.54) is 55.1 Å². The predicted molar refractivity (Wildman–Crippen MR) is 194 cm³/mol. The van der Waals surface area contributed by atoms with E-state index in [1.807, 2.05) is 13.0 Å². The molecule has 0 aliphatic carbocycles. The number of benzene rings is 6. The topological polar surface area (TPSA) is 23.0 Å². The molecular weight excluding hydrogens is 560 g/mol. The number of para-hydroxylation sites is 3. The van der Waals surface area contributed by atoms with Gasteiger partial charge < -0.3 is 13.6 Å². The second-order valence-electron chi connectivity index (χ2n) is 11.8. The molecule has 0 unspecified atom stereocenters. The summed E-state index contributed by atoms with van der Waals surface area (Å²) < 4.78 is 11.0. The Balaban J connectivity index is 1.19. The van der Waals surface area contributed by atoms with Gasteiger partial charge in [-0.2, -0.15) is 0 Å². The second-order valence-corrected chi connectivity index (χ2v) is 11.8. The molecule has 0 N–H and O–H groups in total. The van der Waals surface area contributed by atoms with Gasteiger partial charge in [-0.05, 0) is 84.8 Å². The molecule has 3 aromatic heterocycles. The lowest BCUT2D eigenvalue weighted by Crippen LogP contribution is -1.92. The third kappa shape index (κ3) is 4.13. The maximum Gasteiger partial charge on any atom is 0.135 e. The molecular formula is C43H30N2O. The quantitative estimate of drug-likeness (QED) is 0.183. The van der Waals surface area contributed by atoms with E-state index in [9.17, 15) is 0 Å². The first-order valence-corrected chi connectivity index (χ1v) is 15.7. The summed E-state index contributed by atoms with van der Waals surface area (Å²) in [6, 6.07) is 47.7. The van der Waals surface area contributed by atoms with Crippen molar-refractivity contribution in [2.24, 2.45) is 0 Å². The van der Waals surface area contributed by atoms with Crippen LogP contribution in [0.3, 0.4) is 0 Å². The second kappa shape index (κ2) is 10.5. The van der Waals surface area contributed by atoms with Crippen LogP contribution in [0.4, 0.5) is 0 Å². The fourth-order valence-corrected chi connectivity index (χ4v) is 6.93. The van der Waals surface area contributed by atoms with Gasteiger partial charge in [0.25, 0.3) is 0 Å². The highest BCUT2D eigenvalue weighted by atomic mass is 16.3. The SMILES string of the molecule is C/C=C\C=C/c1cn(-c2ccc3oc4ccc(-c5ccc6c(c5)c5ccccc5n6-c5ccccc5)cc4c3c2)c2ccccc12. The molecule has 0 amide bonds. The zero-order valence-corrected chi connectivity index (χ0v) is 25.4. The maximum absolute atomic E-state index is 6.34. The van der Waals surface area contributed by atoms with E-state index in [0.717, 1.165) is 27.6 Å². The molecule has 0 saturated heterocycles. The van der Waals surface area contributed by atoms with Crippen molar-refractivity contribution < 1.29 is 4.42 Å². The van der Waals surface area contributed by atoms with Gasteiger partial charge in [0.05, 0.1) is 16.6 Å². The van der Waals surface area contributed by atoms with Crippen LogP contribution in [0, 0.1) is 0 Å². The van der Waals surface area contributed by atoms with Crippen LogP contribution in [-0.4, -0.2) is 9.13 Å². The van der Waals surface area contributed by atoms with E-state index in [2.05, 4.69) is 167 Å².